The molecule has 52 heavy (non-hydrogen) atoms. The maximum atomic E-state index is 14.3. The zero-order valence-corrected chi connectivity index (χ0v) is 30.4. The summed E-state index contributed by atoms with van der Waals surface area (Å²) in [6.45, 7) is 3.27. The topological polar surface area (TPSA) is 209 Å². The van der Waals surface area contributed by atoms with Gasteiger partial charge in [0, 0.05) is 26.4 Å². The number of aromatic nitrogens is 3. The number of methoxy groups -OCH3 is 2. The first-order valence-electron chi connectivity index (χ1n) is 15.4. The van der Waals surface area contributed by atoms with Crippen LogP contribution in [-0.2, 0) is 19.6 Å². The second-order valence-electron chi connectivity index (χ2n) is 11.5. The van der Waals surface area contributed by atoms with E-state index in [-0.39, 0.29) is 51.6 Å². The molecule has 0 bridgehead atoms. The number of halogens is 2. The van der Waals surface area contributed by atoms with Crippen LogP contribution in [0.15, 0.2) is 52.9 Å². The number of cyclic esters (lactones) is 1. The van der Waals surface area contributed by atoms with Crippen LogP contribution in [0.1, 0.15) is 49.9 Å². The van der Waals surface area contributed by atoms with Gasteiger partial charge in [0.05, 0.1) is 42.7 Å². The van der Waals surface area contributed by atoms with Crippen molar-refractivity contribution in [3.8, 4) is 17.5 Å². The number of sulfonamides is 1. The van der Waals surface area contributed by atoms with E-state index in [0.29, 0.717) is 10.5 Å². The molecule has 0 radical (unpaired) electrons. The van der Waals surface area contributed by atoms with E-state index in [1.807, 2.05) is 0 Å². The second kappa shape index (κ2) is 16.6. The highest BCUT2D eigenvalue weighted by Gasteiger charge is 2.40. The number of nitrogens with one attached hydrogen (secondary N) is 2. The summed E-state index contributed by atoms with van der Waals surface area (Å²) < 4.78 is 61.8. The Hall–Kier alpha value is -5.56. The molecular weight excluding hydrogens is 729 g/mol. The van der Waals surface area contributed by atoms with Gasteiger partial charge < -0.3 is 23.8 Å². The van der Waals surface area contributed by atoms with Gasteiger partial charge in [-0.1, -0.05) is 11.6 Å². The molecule has 2 N–H and O–H groups in total. The molecule has 5 amide bonds. The first-order chi connectivity index (χ1) is 24.6. The van der Waals surface area contributed by atoms with Crippen LogP contribution in [0.4, 0.5) is 25.6 Å². The lowest BCUT2D eigenvalue weighted by molar-refractivity contribution is -0.114. The zero-order valence-electron chi connectivity index (χ0n) is 28.9. The molecule has 3 aromatic rings. The van der Waals surface area contributed by atoms with Crippen LogP contribution in [0, 0.1) is 5.82 Å². The van der Waals surface area contributed by atoms with Crippen molar-refractivity contribution >= 4 is 57.2 Å². The van der Waals surface area contributed by atoms with Crippen molar-refractivity contribution in [2.75, 3.05) is 38.5 Å². The van der Waals surface area contributed by atoms with Gasteiger partial charge in [0.2, 0.25) is 17.7 Å². The average molecular weight is 764 g/mol. The zero-order chi connectivity index (χ0) is 38.3. The number of ether oxygens (including phenoxy) is 4. The minimum atomic E-state index is -4.46. The number of hydrogen-bond donors (Lipinski definition) is 2. The van der Waals surface area contributed by atoms with Crippen LogP contribution in [0.3, 0.4) is 0 Å². The van der Waals surface area contributed by atoms with Gasteiger partial charge in [-0.05, 0) is 63.3 Å². The molecule has 2 aromatic heterocycles. The lowest BCUT2D eigenvalue weighted by atomic mass is 10.2. The first kappa shape index (κ1) is 39.2. The molecule has 17 nitrogen and oxygen atoms in total. The minimum absolute atomic E-state index is 0.00962. The molecule has 1 aliphatic carbocycles. The lowest BCUT2D eigenvalue weighted by Gasteiger charge is -2.18. The van der Waals surface area contributed by atoms with E-state index in [9.17, 15) is 32.0 Å². The predicted octanol–water partition coefficient (Wildman–Crippen LogP) is 4.68. The molecule has 0 spiro atoms. The standard InChI is InChI=1S/C17H17ClFNO4.C15H18N6O6S/c1-9(2)15-16(21)20(17(22)24-15)13-8-14(11(18)7-12(13)19)23-10-5-3-4-6-10;1-21(2)13(22)9-6-5-7-16-12(9)28(24,25)20-15(23)19-14-17-10(26-3)8-11(18-14)27-4/h7-8,10H,3-6H2,1-2H3;5-8H,1-4H3,(H2,17,18,19,20,23). The van der Waals surface area contributed by atoms with E-state index < -0.39 is 44.8 Å². The third-order valence-electron chi connectivity index (χ3n) is 7.27. The summed E-state index contributed by atoms with van der Waals surface area (Å²) >= 11 is 6.04. The number of allylic oxidation sites excluding steroid dienone is 1. The molecule has 1 saturated heterocycles. The molecule has 0 unspecified atom stereocenters. The molecule has 1 aromatic carbocycles. The van der Waals surface area contributed by atoms with Gasteiger partial charge >= 0.3 is 18.0 Å². The van der Waals surface area contributed by atoms with Crippen LogP contribution in [-0.4, -0.2) is 86.6 Å². The lowest BCUT2D eigenvalue weighted by Crippen LogP contribution is -2.36. The van der Waals surface area contributed by atoms with Crippen molar-refractivity contribution in [3.63, 3.8) is 0 Å². The summed E-state index contributed by atoms with van der Waals surface area (Å²) in [5.41, 5.74) is 0.124. The smallest absolute Gasteiger partial charge is 0.427 e. The van der Waals surface area contributed by atoms with Gasteiger partial charge in [-0.25, -0.2) is 28.6 Å². The van der Waals surface area contributed by atoms with Gasteiger partial charge in [0.1, 0.15) is 11.6 Å². The number of carbonyl (C=O) groups excluding carboxylic acids is 4. The van der Waals surface area contributed by atoms with Crippen LogP contribution < -0.4 is 29.1 Å². The molecule has 2 fully saturated rings. The summed E-state index contributed by atoms with van der Waals surface area (Å²) in [6.07, 6.45) is 4.19. The predicted molar refractivity (Wildman–Crippen MR) is 183 cm³/mol. The fourth-order valence-electron chi connectivity index (χ4n) is 4.83. The van der Waals surface area contributed by atoms with E-state index in [0.717, 1.165) is 31.7 Å². The Morgan fingerprint density at radius 1 is 1.06 bits per heavy atom. The van der Waals surface area contributed by atoms with E-state index in [2.05, 4.69) is 20.3 Å². The van der Waals surface area contributed by atoms with E-state index >= 15 is 0 Å². The number of pyridine rings is 1. The average Bonchev–Trinajstić information content (AvgIpc) is 3.72. The van der Waals surface area contributed by atoms with Crippen LogP contribution in [0.2, 0.25) is 5.02 Å². The van der Waals surface area contributed by atoms with Gasteiger partial charge in [0.15, 0.2) is 10.8 Å². The quantitative estimate of drug-likeness (QED) is 0.284. The highest BCUT2D eigenvalue weighted by molar-refractivity contribution is 7.90. The maximum Gasteiger partial charge on any atom is 0.427 e. The number of benzene rings is 1. The van der Waals surface area contributed by atoms with Crippen molar-refractivity contribution < 1.29 is 50.9 Å². The summed E-state index contributed by atoms with van der Waals surface area (Å²) in [5, 5.41) is 1.67. The Bertz CT molecular complexity index is 2000. The summed E-state index contributed by atoms with van der Waals surface area (Å²) in [6, 6.07) is 5.23. The van der Waals surface area contributed by atoms with Crippen molar-refractivity contribution in [1.29, 1.82) is 0 Å². The molecule has 278 valence electrons. The Balaban J connectivity index is 0.000000235. The summed E-state index contributed by atoms with van der Waals surface area (Å²) in [5.74, 6) is -1.99. The van der Waals surface area contributed by atoms with Crippen LogP contribution >= 0.6 is 11.6 Å². The number of amides is 5. The Kier molecular flexibility index (Phi) is 12.6. The molecule has 1 saturated carbocycles. The SMILES string of the molecule is CC(C)=C1OC(=O)N(c2cc(OC3CCCC3)c(Cl)cc2F)C1=O.COc1cc(OC)nc(NC(=O)NS(=O)(=O)c2ncccc2C(=O)N(C)C)n1. The highest BCUT2D eigenvalue weighted by Crippen LogP contribution is 2.37. The van der Waals surface area contributed by atoms with Gasteiger partial charge in [0.25, 0.3) is 15.9 Å². The third-order valence-corrected chi connectivity index (χ3v) is 8.86. The molecular formula is C32H35ClFN7O10S. The van der Waals surface area contributed by atoms with Gasteiger partial charge in [-0.3, -0.25) is 14.9 Å². The molecule has 3 heterocycles. The van der Waals surface area contributed by atoms with E-state index in [1.165, 1.54) is 63.7 Å². The molecule has 1 aliphatic heterocycles. The highest BCUT2D eigenvalue weighted by atomic mass is 35.5. The molecule has 2 aliphatic rings. The Labute approximate surface area is 303 Å². The second-order valence-corrected chi connectivity index (χ2v) is 13.5. The first-order valence-corrected chi connectivity index (χ1v) is 17.3. The Morgan fingerprint density at radius 2 is 1.69 bits per heavy atom. The number of anilines is 2. The molecule has 5 rings (SSSR count). The van der Waals surface area contributed by atoms with Crippen LogP contribution in [0.25, 0.3) is 0 Å². The molecule has 20 heteroatoms. The maximum absolute atomic E-state index is 14.3. The van der Waals surface area contributed by atoms with Gasteiger partial charge in [-0.2, -0.15) is 18.4 Å². The summed E-state index contributed by atoms with van der Waals surface area (Å²) in [7, 11) is 1.15. The van der Waals surface area contributed by atoms with Gasteiger partial charge in [-0.15, -0.1) is 0 Å². The van der Waals surface area contributed by atoms with Crippen LogP contribution in [0.5, 0.6) is 17.5 Å². The number of nitrogens with zero attached hydrogens (tertiary/aromatic N) is 5. The monoisotopic (exact) mass is 763 g/mol. The van der Waals surface area contributed by atoms with Crippen molar-refractivity contribution in [2.24, 2.45) is 0 Å². The Morgan fingerprint density at radius 3 is 2.25 bits per heavy atom. The fourth-order valence-corrected chi connectivity index (χ4v) is 6.06. The number of carbonyl (C=O) groups is 4. The van der Waals surface area contributed by atoms with E-state index in [1.54, 1.807) is 18.6 Å². The third kappa shape index (κ3) is 9.21. The molecule has 0 atom stereocenters. The van der Waals surface area contributed by atoms with E-state index in [4.69, 9.17) is 30.5 Å². The normalized spacial score (nSPS) is 14.2. The van der Waals surface area contributed by atoms with Crippen molar-refractivity contribution in [2.45, 2.75) is 50.7 Å². The van der Waals surface area contributed by atoms with Crippen molar-refractivity contribution in [1.82, 2.24) is 24.6 Å². The number of hydrogen-bond acceptors (Lipinski definition) is 13. The fraction of sp³-hybridized carbons (Fsp3) is 0.344. The minimum Gasteiger partial charge on any atom is -0.489 e. The number of urea groups is 1. The summed E-state index contributed by atoms with van der Waals surface area (Å²) in [4.78, 5) is 61.9. The van der Waals surface area contributed by atoms with Crippen molar-refractivity contribution in [3.05, 3.63) is 64.3 Å². The number of imide groups is 1. The largest absolute Gasteiger partial charge is 0.489 e. The number of rotatable bonds is 9.